The second-order valence-corrected chi connectivity index (χ2v) is 5.20. The summed E-state index contributed by atoms with van der Waals surface area (Å²) < 4.78 is 20.7. The van der Waals surface area contributed by atoms with Crippen LogP contribution in [0.25, 0.3) is 0 Å². The Hall–Kier alpha value is -2.77. The number of hydrogen-bond donors (Lipinski definition) is 1. The lowest BCUT2D eigenvalue weighted by Crippen LogP contribution is -2.34. The number of carbonyl (C=O) groups is 3. The number of carbonyl (C=O) groups excluding carboxylic acids is 3. The highest BCUT2D eigenvalue weighted by atomic mass is 16.6. The van der Waals surface area contributed by atoms with Crippen LogP contribution in [0.3, 0.4) is 0 Å². The molecule has 0 heterocycles. The van der Waals surface area contributed by atoms with Crippen LogP contribution in [0.5, 0.6) is 11.5 Å². The molecule has 1 aromatic rings. The zero-order valence-corrected chi connectivity index (χ0v) is 15.3. The second kappa shape index (κ2) is 11.7. The van der Waals surface area contributed by atoms with Crippen molar-refractivity contribution in [3.63, 3.8) is 0 Å². The number of ether oxygens (including phenoxy) is 4. The molecule has 0 unspecified atom stereocenters. The van der Waals surface area contributed by atoms with Crippen LogP contribution < -0.4 is 14.8 Å². The molecule has 0 bridgehead atoms. The smallest absolute Gasteiger partial charge is 0.413 e. The van der Waals surface area contributed by atoms with Crippen LogP contribution in [0, 0.1) is 0 Å². The monoisotopic (exact) mass is 367 g/mol. The SMILES string of the molecule is CCCOc1ccc(C(=O)OCC(=O)NC(=O)OCC)cc1OCCC. The van der Waals surface area contributed by atoms with Gasteiger partial charge in [0.25, 0.3) is 5.91 Å². The lowest BCUT2D eigenvalue weighted by Gasteiger charge is -2.13. The fourth-order valence-electron chi connectivity index (χ4n) is 1.82. The van der Waals surface area contributed by atoms with E-state index in [0.717, 1.165) is 12.8 Å². The molecule has 8 nitrogen and oxygen atoms in total. The topological polar surface area (TPSA) is 100 Å². The van der Waals surface area contributed by atoms with E-state index in [1.54, 1.807) is 13.0 Å². The van der Waals surface area contributed by atoms with Gasteiger partial charge < -0.3 is 18.9 Å². The maximum absolute atomic E-state index is 12.1. The average molecular weight is 367 g/mol. The quantitative estimate of drug-likeness (QED) is 0.635. The number of esters is 1. The van der Waals surface area contributed by atoms with Crippen molar-refractivity contribution < 1.29 is 33.3 Å². The zero-order valence-electron chi connectivity index (χ0n) is 15.3. The van der Waals surface area contributed by atoms with E-state index < -0.39 is 24.6 Å². The van der Waals surface area contributed by atoms with E-state index >= 15 is 0 Å². The van der Waals surface area contributed by atoms with Gasteiger partial charge in [-0.15, -0.1) is 0 Å². The van der Waals surface area contributed by atoms with E-state index in [1.165, 1.54) is 12.1 Å². The number of amides is 2. The summed E-state index contributed by atoms with van der Waals surface area (Å²) in [4.78, 5) is 34.7. The van der Waals surface area contributed by atoms with Gasteiger partial charge in [-0.1, -0.05) is 13.8 Å². The van der Waals surface area contributed by atoms with Gasteiger partial charge in [0.05, 0.1) is 25.4 Å². The minimum Gasteiger partial charge on any atom is -0.490 e. The molecule has 0 aromatic heterocycles. The molecule has 1 N–H and O–H groups in total. The highest BCUT2D eigenvalue weighted by Gasteiger charge is 2.15. The first-order valence-corrected chi connectivity index (χ1v) is 8.55. The molecule has 0 atom stereocenters. The molecule has 2 amide bonds. The largest absolute Gasteiger partial charge is 0.490 e. The molecule has 26 heavy (non-hydrogen) atoms. The first kappa shape index (κ1) is 21.3. The highest BCUT2D eigenvalue weighted by Crippen LogP contribution is 2.29. The van der Waals surface area contributed by atoms with Gasteiger partial charge in [0.1, 0.15) is 0 Å². The Morgan fingerprint density at radius 1 is 0.923 bits per heavy atom. The van der Waals surface area contributed by atoms with E-state index in [9.17, 15) is 14.4 Å². The van der Waals surface area contributed by atoms with Crippen LogP contribution >= 0.6 is 0 Å². The molecule has 0 aliphatic rings. The molecule has 1 rings (SSSR count). The highest BCUT2D eigenvalue weighted by molar-refractivity contribution is 5.95. The van der Waals surface area contributed by atoms with Gasteiger partial charge >= 0.3 is 12.1 Å². The summed E-state index contributed by atoms with van der Waals surface area (Å²) >= 11 is 0. The minimum absolute atomic E-state index is 0.131. The standard InChI is InChI=1S/C18H25NO7/c1-4-9-24-14-8-7-13(11-15(14)25-10-5-2)17(21)26-12-16(20)19-18(22)23-6-3/h7-8,11H,4-6,9-10,12H2,1-3H3,(H,19,20,22). The summed E-state index contributed by atoms with van der Waals surface area (Å²) in [6.45, 7) is 6.09. The predicted molar refractivity (Wildman–Crippen MR) is 93.5 cm³/mol. The maximum atomic E-state index is 12.1. The van der Waals surface area contributed by atoms with Crippen molar-refractivity contribution >= 4 is 18.0 Å². The third-order valence-corrected chi connectivity index (χ3v) is 2.95. The van der Waals surface area contributed by atoms with Crippen molar-refractivity contribution in [1.82, 2.24) is 5.32 Å². The van der Waals surface area contributed by atoms with Crippen molar-refractivity contribution in [2.45, 2.75) is 33.6 Å². The molecule has 0 aliphatic carbocycles. The van der Waals surface area contributed by atoms with E-state index in [4.69, 9.17) is 14.2 Å². The molecule has 0 spiro atoms. The molecule has 0 aliphatic heterocycles. The van der Waals surface area contributed by atoms with Gasteiger partial charge in [0.2, 0.25) is 0 Å². The summed E-state index contributed by atoms with van der Waals surface area (Å²) in [7, 11) is 0. The van der Waals surface area contributed by atoms with Crippen LogP contribution in [0.4, 0.5) is 4.79 Å². The van der Waals surface area contributed by atoms with Crippen LogP contribution in [0.1, 0.15) is 44.0 Å². The molecule has 144 valence electrons. The Bertz CT molecular complexity index is 616. The molecule has 0 radical (unpaired) electrons. The Balaban J connectivity index is 2.69. The summed E-state index contributed by atoms with van der Waals surface area (Å²) in [6.07, 6.45) is 0.754. The number of alkyl carbamates (subject to hydrolysis) is 1. The van der Waals surface area contributed by atoms with Gasteiger partial charge in [-0.25, -0.2) is 9.59 Å². The molecular formula is C18H25NO7. The number of hydrogen-bond acceptors (Lipinski definition) is 7. The van der Waals surface area contributed by atoms with Gasteiger partial charge in [-0.05, 0) is 38.0 Å². The van der Waals surface area contributed by atoms with E-state index in [-0.39, 0.29) is 12.2 Å². The summed E-state index contributed by atoms with van der Waals surface area (Å²) in [5.74, 6) is -0.516. The summed E-state index contributed by atoms with van der Waals surface area (Å²) in [5.41, 5.74) is 0.212. The first-order valence-electron chi connectivity index (χ1n) is 8.55. The van der Waals surface area contributed by atoms with Crippen molar-refractivity contribution in [3.05, 3.63) is 23.8 Å². The minimum atomic E-state index is -0.888. The normalized spacial score (nSPS) is 9.96. The second-order valence-electron chi connectivity index (χ2n) is 5.20. The maximum Gasteiger partial charge on any atom is 0.413 e. The summed E-state index contributed by atoms with van der Waals surface area (Å²) in [6, 6.07) is 4.65. The van der Waals surface area contributed by atoms with Crippen molar-refractivity contribution in [3.8, 4) is 11.5 Å². The van der Waals surface area contributed by atoms with Gasteiger partial charge in [-0.2, -0.15) is 0 Å². The van der Waals surface area contributed by atoms with E-state index in [0.29, 0.717) is 24.7 Å². The molecule has 1 aromatic carbocycles. The van der Waals surface area contributed by atoms with Crippen LogP contribution in [-0.2, 0) is 14.3 Å². The molecule has 0 saturated carbocycles. The van der Waals surface area contributed by atoms with E-state index in [1.807, 2.05) is 19.2 Å². The fraction of sp³-hybridized carbons (Fsp3) is 0.500. The molecule has 8 heteroatoms. The lowest BCUT2D eigenvalue weighted by atomic mass is 10.2. The number of rotatable bonds is 10. The number of benzene rings is 1. The Labute approximate surface area is 152 Å². The molecular weight excluding hydrogens is 342 g/mol. The first-order chi connectivity index (χ1) is 12.5. The number of nitrogens with one attached hydrogen (secondary N) is 1. The third-order valence-electron chi connectivity index (χ3n) is 2.95. The van der Waals surface area contributed by atoms with Crippen LogP contribution in [0.15, 0.2) is 18.2 Å². The third kappa shape index (κ3) is 7.42. The molecule has 0 fully saturated rings. The van der Waals surface area contributed by atoms with Crippen molar-refractivity contribution in [2.24, 2.45) is 0 Å². The Kier molecular flexibility index (Phi) is 9.59. The average Bonchev–Trinajstić information content (AvgIpc) is 2.63. The number of imide groups is 1. The lowest BCUT2D eigenvalue weighted by molar-refractivity contribution is -0.123. The van der Waals surface area contributed by atoms with E-state index in [2.05, 4.69) is 4.74 Å². The van der Waals surface area contributed by atoms with Gasteiger partial charge in [0.15, 0.2) is 18.1 Å². The Morgan fingerprint density at radius 3 is 2.19 bits per heavy atom. The molecule has 0 saturated heterocycles. The zero-order chi connectivity index (χ0) is 19.4. The van der Waals surface area contributed by atoms with Crippen LogP contribution in [0.2, 0.25) is 0 Å². The predicted octanol–water partition coefficient (Wildman–Crippen LogP) is 2.69. The van der Waals surface area contributed by atoms with Crippen molar-refractivity contribution in [2.75, 3.05) is 26.4 Å². The van der Waals surface area contributed by atoms with Gasteiger partial charge in [-0.3, -0.25) is 10.1 Å². The Morgan fingerprint density at radius 2 is 1.58 bits per heavy atom. The van der Waals surface area contributed by atoms with Gasteiger partial charge in [0, 0.05) is 0 Å². The van der Waals surface area contributed by atoms with Crippen LogP contribution in [-0.4, -0.2) is 44.4 Å². The summed E-state index contributed by atoms with van der Waals surface area (Å²) in [5, 5.41) is 1.94. The van der Waals surface area contributed by atoms with Crippen molar-refractivity contribution in [1.29, 1.82) is 0 Å². The fourth-order valence-corrected chi connectivity index (χ4v) is 1.82.